The van der Waals surface area contributed by atoms with Crippen LogP contribution in [0.25, 0.3) is 33.3 Å². The summed E-state index contributed by atoms with van der Waals surface area (Å²) in [6.07, 6.45) is 0. The van der Waals surface area contributed by atoms with Gasteiger partial charge in [-0.25, -0.2) is 4.79 Å². The fraction of sp³-hybridized carbons (Fsp3) is 0.179. The molecule has 35 heavy (non-hydrogen) atoms. The van der Waals surface area contributed by atoms with Gasteiger partial charge in [0.1, 0.15) is 11.3 Å². The molecule has 1 unspecified atom stereocenters. The maximum atomic E-state index is 13.5. The Morgan fingerprint density at radius 2 is 1.77 bits per heavy atom. The molecule has 0 amide bonds. The van der Waals surface area contributed by atoms with E-state index in [0.29, 0.717) is 33.7 Å². The molecule has 0 aliphatic rings. The molecule has 2 heterocycles. The molecule has 7 heteroatoms. The summed E-state index contributed by atoms with van der Waals surface area (Å²) in [6.45, 7) is 5.61. The topological polar surface area (TPSA) is 97.4 Å². The van der Waals surface area contributed by atoms with E-state index in [9.17, 15) is 14.7 Å². The number of aryl methyl sites for hydroxylation is 2. The second-order valence-electron chi connectivity index (χ2n) is 8.82. The molecule has 0 aliphatic heterocycles. The number of hydrogen-bond acceptors (Lipinski definition) is 5. The van der Waals surface area contributed by atoms with Gasteiger partial charge in [-0.15, -0.1) is 0 Å². The maximum absolute atomic E-state index is 13.5. The highest BCUT2D eigenvalue weighted by atomic mass is 16.4. The summed E-state index contributed by atoms with van der Waals surface area (Å²) in [5.41, 5.74) is 4.74. The van der Waals surface area contributed by atoms with Crippen molar-refractivity contribution in [1.82, 2.24) is 9.78 Å². The van der Waals surface area contributed by atoms with Gasteiger partial charge in [0.25, 0.3) is 0 Å². The predicted octanol–water partition coefficient (Wildman–Crippen LogP) is 5.83. The van der Waals surface area contributed by atoms with Crippen LogP contribution in [-0.2, 0) is 7.05 Å². The zero-order chi connectivity index (χ0) is 24.9. The smallest absolute Gasteiger partial charge is 0.337 e. The van der Waals surface area contributed by atoms with Gasteiger partial charge in [0, 0.05) is 29.2 Å². The Labute approximate surface area is 201 Å². The SMILES string of the molecule is Cc1cc(C(C)Nc2ccccc2C(=O)O)c2oc(-c3nn(C)c4ccccc34)c(C)c(=O)c2c1. The Balaban J connectivity index is 1.72. The minimum atomic E-state index is -1.01. The Hall–Kier alpha value is -4.39. The Morgan fingerprint density at radius 3 is 2.54 bits per heavy atom. The molecule has 0 spiro atoms. The molecule has 5 rings (SSSR count). The van der Waals surface area contributed by atoms with E-state index in [1.807, 2.05) is 57.3 Å². The van der Waals surface area contributed by atoms with Crippen LogP contribution >= 0.6 is 0 Å². The van der Waals surface area contributed by atoms with Crippen molar-refractivity contribution in [2.75, 3.05) is 5.32 Å². The van der Waals surface area contributed by atoms with E-state index >= 15 is 0 Å². The third kappa shape index (κ3) is 3.75. The normalized spacial score (nSPS) is 12.2. The molecular formula is C28H25N3O4. The summed E-state index contributed by atoms with van der Waals surface area (Å²) in [6, 6.07) is 18.0. The van der Waals surface area contributed by atoms with E-state index in [1.165, 1.54) is 0 Å². The molecule has 0 radical (unpaired) electrons. The van der Waals surface area contributed by atoms with Gasteiger partial charge >= 0.3 is 5.97 Å². The van der Waals surface area contributed by atoms with Crippen LogP contribution < -0.4 is 10.7 Å². The van der Waals surface area contributed by atoms with Gasteiger partial charge in [0.15, 0.2) is 11.2 Å². The van der Waals surface area contributed by atoms with Crippen molar-refractivity contribution in [2.45, 2.75) is 26.8 Å². The van der Waals surface area contributed by atoms with Gasteiger partial charge in [-0.1, -0.05) is 36.4 Å². The first kappa shape index (κ1) is 22.4. The number of aromatic nitrogens is 2. The molecule has 0 bridgehead atoms. The maximum Gasteiger partial charge on any atom is 0.337 e. The average Bonchev–Trinajstić information content (AvgIpc) is 3.17. The van der Waals surface area contributed by atoms with Crippen molar-refractivity contribution < 1.29 is 14.3 Å². The van der Waals surface area contributed by atoms with Gasteiger partial charge < -0.3 is 14.8 Å². The summed E-state index contributed by atoms with van der Waals surface area (Å²) in [7, 11) is 1.86. The molecular weight excluding hydrogens is 442 g/mol. The first-order valence-corrected chi connectivity index (χ1v) is 11.3. The van der Waals surface area contributed by atoms with Crippen LogP contribution in [0.15, 0.2) is 69.9 Å². The van der Waals surface area contributed by atoms with Crippen molar-refractivity contribution >= 4 is 33.5 Å². The number of aromatic carboxylic acids is 1. The van der Waals surface area contributed by atoms with Crippen LogP contribution in [0.2, 0.25) is 0 Å². The van der Waals surface area contributed by atoms with Gasteiger partial charge in [-0.3, -0.25) is 9.48 Å². The number of carbonyl (C=O) groups is 1. The van der Waals surface area contributed by atoms with Crippen LogP contribution in [-0.4, -0.2) is 20.9 Å². The summed E-state index contributed by atoms with van der Waals surface area (Å²) in [5, 5.41) is 18.9. The van der Waals surface area contributed by atoms with Gasteiger partial charge in [-0.2, -0.15) is 5.10 Å². The average molecular weight is 468 g/mol. The quantitative estimate of drug-likeness (QED) is 0.337. The third-order valence-corrected chi connectivity index (χ3v) is 6.36. The van der Waals surface area contributed by atoms with Crippen molar-refractivity contribution in [2.24, 2.45) is 7.05 Å². The fourth-order valence-electron chi connectivity index (χ4n) is 4.60. The zero-order valence-electron chi connectivity index (χ0n) is 19.9. The standard InChI is InChI=1S/C28H25N3O4/c1-15-13-20(17(3)29-22-11-7-5-9-18(22)28(33)34)27-21(14-15)25(32)16(2)26(35-27)24-19-10-6-8-12-23(19)31(4)30-24/h5-14,17,29H,1-4H3,(H,33,34). The molecule has 0 fully saturated rings. The number of rotatable bonds is 5. The molecule has 2 aromatic heterocycles. The van der Waals surface area contributed by atoms with E-state index in [1.54, 1.807) is 35.9 Å². The highest BCUT2D eigenvalue weighted by Gasteiger charge is 2.22. The van der Waals surface area contributed by atoms with Crippen molar-refractivity contribution in [3.63, 3.8) is 0 Å². The number of nitrogens with zero attached hydrogens (tertiary/aromatic N) is 2. The molecule has 3 aromatic carbocycles. The van der Waals surface area contributed by atoms with Crippen LogP contribution in [0.3, 0.4) is 0 Å². The molecule has 7 nitrogen and oxygen atoms in total. The molecule has 176 valence electrons. The number of carboxylic acids is 1. The molecule has 0 saturated heterocycles. The van der Waals surface area contributed by atoms with Gasteiger partial charge in [0.05, 0.1) is 22.5 Å². The van der Waals surface area contributed by atoms with Gasteiger partial charge in [-0.05, 0) is 50.6 Å². The lowest BCUT2D eigenvalue weighted by Crippen LogP contribution is -2.14. The minimum absolute atomic E-state index is 0.112. The summed E-state index contributed by atoms with van der Waals surface area (Å²) >= 11 is 0. The number of nitrogens with one attached hydrogen (secondary N) is 1. The Bertz CT molecular complexity index is 1680. The minimum Gasteiger partial charge on any atom is -0.478 e. The van der Waals surface area contributed by atoms with E-state index in [0.717, 1.165) is 22.0 Å². The summed E-state index contributed by atoms with van der Waals surface area (Å²) in [5.74, 6) is -0.580. The van der Waals surface area contributed by atoms with Crippen LogP contribution in [0, 0.1) is 13.8 Å². The van der Waals surface area contributed by atoms with E-state index in [-0.39, 0.29) is 17.0 Å². The van der Waals surface area contributed by atoms with Gasteiger partial charge in [0.2, 0.25) is 0 Å². The monoisotopic (exact) mass is 467 g/mol. The highest BCUT2D eigenvalue weighted by Crippen LogP contribution is 2.34. The first-order valence-electron chi connectivity index (χ1n) is 11.3. The molecule has 1 atom stereocenters. The van der Waals surface area contributed by atoms with Crippen molar-refractivity contribution in [3.8, 4) is 11.5 Å². The number of benzene rings is 3. The fourth-order valence-corrected chi connectivity index (χ4v) is 4.60. The lowest BCUT2D eigenvalue weighted by Gasteiger charge is -2.19. The highest BCUT2D eigenvalue weighted by molar-refractivity contribution is 5.95. The summed E-state index contributed by atoms with van der Waals surface area (Å²) < 4.78 is 8.25. The van der Waals surface area contributed by atoms with E-state index in [2.05, 4.69) is 10.4 Å². The lowest BCUT2D eigenvalue weighted by atomic mass is 9.99. The second kappa shape index (κ2) is 8.43. The van der Waals surface area contributed by atoms with E-state index < -0.39 is 5.97 Å². The predicted molar refractivity (Wildman–Crippen MR) is 137 cm³/mol. The van der Waals surface area contributed by atoms with Crippen molar-refractivity contribution in [1.29, 1.82) is 0 Å². The molecule has 0 saturated carbocycles. The number of hydrogen-bond donors (Lipinski definition) is 2. The number of fused-ring (bicyclic) bond motifs is 2. The number of para-hydroxylation sites is 2. The Morgan fingerprint density at radius 1 is 1.06 bits per heavy atom. The molecule has 5 aromatic rings. The second-order valence-corrected chi connectivity index (χ2v) is 8.82. The van der Waals surface area contributed by atoms with Crippen molar-refractivity contribution in [3.05, 3.63) is 93.1 Å². The third-order valence-electron chi connectivity index (χ3n) is 6.36. The lowest BCUT2D eigenvalue weighted by molar-refractivity contribution is 0.0698. The van der Waals surface area contributed by atoms with Crippen LogP contribution in [0.4, 0.5) is 5.69 Å². The summed E-state index contributed by atoms with van der Waals surface area (Å²) in [4.78, 5) is 25.2. The largest absolute Gasteiger partial charge is 0.478 e. The number of carboxylic acid groups (broad SMARTS) is 1. The molecule has 2 N–H and O–H groups in total. The first-order chi connectivity index (χ1) is 16.8. The van der Waals surface area contributed by atoms with E-state index in [4.69, 9.17) is 4.42 Å². The zero-order valence-corrected chi connectivity index (χ0v) is 19.9. The Kier molecular flexibility index (Phi) is 5.40. The number of anilines is 1. The van der Waals surface area contributed by atoms with Crippen LogP contribution in [0.1, 0.15) is 40.0 Å². The molecule has 0 aliphatic carbocycles. The van der Waals surface area contributed by atoms with Crippen LogP contribution in [0.5, 0.6) is 0 Å².